The maximum atomic E-state index is 13.1. The maximum Gasteiger partial charge on any atom is 0.246 e. The molecular formula is C20H27FN2O. The highest BCUT2D eigenvalue weighted by Crippen LogP contribution is 2.39. The van der Waals surface area contributed by atoms with Gasteiger partial charge in [0.05, 0.1) is 0 Å². The summed E-state index contributed by atoms with van der Waals surface area (Å²) in [5, 5.41) is 0. The van der Waals surface area contributed by atoms with Gasteiger partial charge in [-0.1, -0.05) is 17.7 Å². The Morgan fingerprint density at radius 2 is 1.92 bits per heavy atom. The van der Waals surface area contributed by atoms with Gasteiger partial charge in [-0.05, 0) is 57.4 Å². The van der Waals surface area contributed by atoms with E-state index >= 15 is 0 Å². The lowest BCUT2D eigenvalue weighted by Crippen LogP contribution is -2.44. The molecule has 2 heterocycles. The monoisotopic (exact) mass is 330 g/mol. The first-order chi connectivity index (χ1) is 11.5. The summed E-state index contributed by atoms with van der Waals surface area (Å²) in [6.45, 7) is 8.65. The normalized spacial score (nSPS) is 24.4. The third-order valence-corrected chi connectivity index (χ3v) is 5.22. The maximum absolute atomic E-state index is 13.1. The highest BCUT2D eigenvalue weighted by atomic mass is 19.1. The minimum atomic E-state index is -0.182. The Morgan fingerprint density at radius 1 is 1.17 bits per heavy atom. The van der Waals surface area contributed by atoms with E-state index in [0.29, 0.717) is 0 Å². The molecule has 4 heteroatoms. The molecule has 1 atom stereocenters. The molecule has 0 saturated carbocycles. The highest BCUT2D eigenvalue weighted by Gasteiger charge is 2.42. The van der Waals surface area contributed by atoms with Crippen LogP contribution in [0.15, 0.2) is 35.9 Å². The second-order valence-corrected chi connectivity index (χ2v) is 7.67. The Morgan fingerprint density at radius 3 is 2.62 bits per heavy atom. The summed E-state index contributed by atoms with van der Waals surface area (Å²) in [5.41, 5.74) is 2.45. The van der Waals surface area contributed by atoms with Crippen molar-refractivity contribution in [3.8, 4) is 0 Å². The molecule has 0 N–H and O–H groups in total. The SMILES string of the molecule is CC(C)=CC(=O)N1CC[C@]2(CCCN(Cc3ccc(F)cc3)C2)C1. The number of allylic oxidation sites excluding steroid dienone is 1. The first-order valence-electron chi connectivity index (χ1n) is 8.86. The summed E-state index contributed by atoms with van der Waals surface area (Å²) >= 11 is 0. The smallest absolute Gasteiger partial charge is 0.246 e. The van der Waals surface area contributed by atoms with Gasteiger partial charge in [0.2, 0.25) is 5.91 Å². The van der Waals surface area contributed by atoms with Crippen LogP contribution in [-0.4, -0.2) is 41.9 Å². The van der Waals surface area contributed by atoms with Crippen LogP contribution in [0.3, 0.4) is 0 Å². The van der Waals surface area contributed by atoms with Crippen LogP contribution in [0, 0.1) is 11.2 Å². The van der Waals surface area contributed by atoms with E-state index in [1.807, 2.05) is 30.9 Å². The first-order valence-corrected chi connectivity index (χ1v) is 8.86. The number of carbonyl (C=O) groups excluding carboxylic acids is 1. The van der Waals surface area contributed by atoms with E-state index in [4.69, 9.17) is 0 Å². The first kappa shape index (κ1) is 17.2. The van der Waals surface area contributed by atoms with Gasteiger partial charge in [0.15, 0.2) is 0 Å². The molecular weight excluding hydrogens is 303 g/mol. The lowest BCUT2D eigenvalue weighted by molar-refractivity contribution is -0.125. The molecule has 1 aromatic rings. The molecule has 0 aromatic heterocycles. The highest BCUT2D eigenvalue weighted by molar-refractivity contribution is 5.88. The molecule has 0 bridgehead atoms. The number of amides is 1. The molecule has 3 nitrogen and oxygen atoms in total. The van der Waals surface area contributed by atoms with Crippen molar-refractivity contribution in [2.75, 3.05) is 26.2 Å². The molecule has 0 unspecified atom stereocenters. The van der Waals surface area contributed by atoms with E-state index in [2.05, 4.69) is 4.90 Å². The Kier molecular flexibility index (Phi) is 5.04. The number of benzene rings is 1. The van der Waals surface area contributed by atoms with E-state index in [0.717, 1.165) is 50.3 Å². The third-order valence-electron chi connectivity index (χ3n) is 5.22. The zero-order valence-electron chi connectivity index (χ0n) is 14.7. The number of carbonyl (C=O) groups is 1. The minimum absolute atomic E-state index is 0.155. The minimum Gasteiger partial charge on any atom is -0.339 e. The molecule has 0 aliphatic carbocycles. The van der Waals surface area contributed by atoms with Crippen LogP contribution in [0.5, 0.6) is 0 Å². The standard InChI is InChI=1S/C20H27FN2O/c1-16(2)12-19(24)23-11-9-20(15-23)8-3-10-22(14-20)13-17-4-6-18(21)7-5-17/h4-7,12H,3,8-11,13-15H2,1-2H3/t20-/m0/s1. The number of likely N-dealkylation sites (tertiary alicyclic amines) is 2. The fraction of sp³-hybridized carbons (Fsp3) is 0.550. The van der Waals surface area contributed by atoms with Crippen LogP contribution < -0.4 is 0 Å². The van der Waals surface area contributed by atoms with Crippen LogP contribution in [-0.2, 0) is 11.3 Å². The molecule has 2 fully saturated rings. The van der Waals surface area contributed by atoms with Gasteiger partial charge in [-0.25, -0.2) is 4.39 Å². The van der Waals surface area contributed by atoms with Crippen molar-refractivity contribution in [1.29, 1.82) is 0 Å². The van der Waals surface area contributed by atoms with Crippen molar-refractivity contribution in [2.45, 2.75) is 39.7 Å². The van der Waals surface area contributed by atoms with Crippen molar-refractivity contribution in [2.24, 2.45) is 5.41 Å². The van der Waals surface area contributed by atoms with Crippen molar-refractivity contribution >= 4 is 5.91 Å². The predicted octanol–water partition coefficient (Wildman–Crippen LogP) is 3.61. The van der Waals surface area contributed by atoms with E-state index in [-0.39, 0.29) is 17.1 Å². The number of piperidine rings is 1. The Hall–Kier alpha value is -1.68. The second-order valence-electron chi connectivity index (χ2n) is 7.67. The molecule has 2 aliphatic heterocycles. The molecule has 24 heavy (non-hydrogen) atoms. The number of hydrogen-bond acceptors (Lipinski definition) is 2. The number of rotatable bonds is 3. The average Bonchev–Trinajstić information content (AvgIpc) is 2.93. The van der Waals surface area contributed by atoms with Crippen molar-refractivity contribution in [3.63, 3.8) is 0 Å². The van der Waals surface area contributed by atoms with Crippen LogP contribution in [0.25, 0.3) is 0 Å². The van der Waals surface area contributed by atoms with Crippen molar-refractivity contribution in [1.82, 2.24) is 9.80 Å². The topological polar surface area (TPSA) is 23.6 Å². The number of halogens is 1. The third kappa shape index (κ3) is 4.04. The Labute approximate surface area is 144 Å². The molecule has 1 aromatic carbocycles. The molecule has 0 radical (unpaired) electrons. The van der Waals surface area contributed by atoms with Crippen LogP contribution in [0.1, 0.15) is 38.7 Å². The summed E-state index contributed by atoms with van der Waals surface area (Å²) in [5.74, 6) is -0.0272. The quantitative estimate of drug-likeness (QED) is 0.791. The zero-order chi connectivity index (χ0) is 17.2. The molecule has 3 rings (SSSR count). The summed E-state index contributed by atoms with van der Waals surface area (Å²) in [6, 6.07) is 6.81. The van der Waals surface area contributed by atoms with Crippen LogP contribution >= 0.6 is 0 Å². The van der Waals surface area contributed by atoms with Gasteiger partial charge in [-0.3, -0.25) is 9.69 Å². The second kappa shape index (κ2) is 7.06. The lowest BCUT2D eigenvalue weighted by Gasteiger charge is -2.40. The summed E-state index contributed by atoms with van der Waals surface area (Å²) in [6.07, 6.45) is 5.21. The zero-order valence-corrected chi connectivity index (χ0v) is 14.7. The molecule has 1 spiro atoms. The predicted molar refractivity (Wildman–Crippen MR) is 94.0 cm³/mol. The van der Waals surface area contributed by atoms with Gasteiger partial charge in [0.1, 0.15) is 5.82 Å². The van der Waals surface area contributed by atoms with Crippen molar-refractivity contribution in [3.05, 3.63) is 47.3 Å². The number of nitrogens with zero attached hydrogens (tertiary/aromatic N) is 2. The molecule has 2 saturated heterocycles. The van der Waals surface area contributed by atoms with Gasteiger partial charge >= 0.3 is 0 Å². The van der Waals surface area contributed by atoms with E-state index in [1.165, 1.54) is 25.0 Å². The van der Waals surface area contributed by atoms with Gasteiger partial charge in [-0.15, -0.1) is 0 Å². The van der Waals surface area contributed by atoms with Crippen LogP contribution in [0.2, 0.25) is 0 Å². The molecule has 2 aliphatic rings. The van der Waals surface area contributed by atoms with E-state index < -0.39 is 0 Å². The fourth-order valence-corrected chi connectivity index (χ4v) is 4.09. The summed E-state index contributed by atoms with van der Waals surface area (Å²) in [7, 11) is 0. The van der Waals surface area contributed by atoms with Gasteiger partial charge in [-0.2, -0.15) is 0 Å². The fourth-order valence-electron chi connectivity index (χ4n) is 4.09. The number of hydrogen-bond donors (Lipinski definition) is 0. The Bertz CT molecular complexity index is 621. The lowest BCUT2D eigenvalue weighted by atomic mass is 9.79. The largest absolute Gasteiger partial charge is 0.339 e. The Balaban J connectivity index is 1.62. The van der Waals surface area contributed by atoms with Gasteiger partial charge in [0.25, 0.3) is 0 Å². The molecule has 130 valence electrons. The van der Waals surface area contributed by atoms with Crippen molar-refractivity contribution < 1.29 is 9.18 Å². The summed E-state index contributed by atoms with van der Waals surface area (Å²) < 4.78 is 13.1. The van der Waals surface area contributed by atoms with E-state index in [9.17, 15) is 9.18 Å². The average molecular weight is 330 g/mol. The summed E-state index contributed by atoms with van der Waals surface area (Å²) in [4.78, 5) is 16.8. The van der Waals surface area contributed by atoms with Gasteiger partial charge < -0.3 is 4.90 Å². The van der Waals surface area contributed by atoms with Crippen LogP contribution in [0.4, 0.5) is 4.39 Å². The molecule has 1 amide bonds. The van der Waals surface area contributed by atoms with E-state index in [1.54, 1.807) is 6.08 Å². The van der Waals surface area contributed by atoms with Gasteiger partial charge in [0, 0.05) is 37.7 Å².